The van der Waals surface area contributed by atoms with Gasteiger partial charge in [0.25, 0.3) is 0 Å². The summed E-state index contributed by atoms with van der Waals surface area (Å²) in [6.07, 6.45) is 3.85. The number of nitrogens with zero attached hydrogens (tertiary/aromatic N) is 1. The van der Waals surface area contributed by atoms with Crippen molar-refractivity contribution in [2.45, 2.75) is 31.7 Å². The molecular formula is C16H22N2O2. The molecule has 0 bridgehead atoms. The number of fused-ring (bicyclic) bond motifs is 1. The molecule has 3 rings (SSSR count). The van der Waals surface area contributed by atoms with E-state index in [4.69, 9.17) is 5.73 Å². The van der Waals surface area contributed by atoms with E-state index in [1.165, 1.54) is 12.8 Å². The first-order valence-corrected chi connectivity index (χ1v) is 7.45. The molecule has 0 aromatic heterocycles. The lowest BCUT2D eigenvalue weighted by Gasteiger charge is -2.29. The van der Waals surface area contributed by atoms with E-state index in [0.29, 0.717) is 18.3 Å². The van der Waals surface area contributed by atoms with Crippen LogP contribution in [0.15, 0.2) is 24.3 Å². The summed E-state index contributed by atoms with van der Waals surface area (Å²) in [5.74, 6) is 1.44. The van der Waals surface area contributed by atoms with Crippen molar-refractivity contribution in [2.75, 3.05) is 13.1 Å². The highest BCUT2D eigenvalue weighted by atomic mass is 16.3. The van der Waals surface area contributed by atoms with Crippen molar-refractivity contribution >= 4 is 5.91 Å². The number of aromatic hydroxyl groups is 1. The molecule has 108 valence electrons. The molecule has 4 heteroatoms. The van der Waals surface area contributed by atoms with Crippen molar-refractivity contribution in [2.24, 2.45) is 17.6 Å². The van der Waals surface area contributed by atoms with Gasteiger partial charge in [0.2, 0.25) is 5.91 Å². The fourth-order valence-corrected chi connectivity index (χ4v) is 3.67. The molecule has 0 spiro atoms. The molecule has 1 saturated carbocycles. The first-order chi connectivity index (χ1) is 9.63. The van der Waals surface area contributed by atoms with Crippen LogP contribution in [0, 0.1) is 11.8 Å². The van der Waals surface area contributed by atoms with Crippen LogP contribution >= 0.6 is 0 Å². The Labute approximate surface area is 119 Å². The van der Waals surface area contributed by atoms with Gasteiger partial charge in [0, 0.05) is 19.1 Å². The van der Waals surface area contributed by atoms with Gasteiger partial charge in [-0.1, -0.05) is 18.6 Å². The minimum atomic E-state index is 0.150. The summed E-state index contributed by atoms with van der Waals surface area (Å²) in [7, 11) is 0. The van der Waals surface area contributed by atoms with Crippen molar-refractivity contribution in [3.05, 3.63) is 29.8 Å². The maximum Gasteiger partial charge on any atom is 0.227 e. The Hall–Kier alpha value is -1.55. The van der Waals surface area contributed by atoms with Crippen molar-refractivity contribution < 1.29 is 9.90 Å². The molecular weight excluding hydrogens is 252 g/mol. The van der Waals surface area contributed by atoms with E-state index in [9.17, 15) is 9.90 Å². The van der Waals surface area contributed by atoms with Gasteiger partial charge in [0.15, 0.2) is 0 Å². The fourth-order valence-electron chi connectivity index (χ4n) is 3.67. The zero-order valence-electron chi connectivity index (χ0n) is 11.7. The second kappa shape index (κ2) is 5.44. The normalized spacial score (nSPS) is 29.2. The predicted molar refractivity (Wildman–Crippen MR) is 77.2 cm³/mol. The number of hydrogen-bond donors (Lipinski definition) is 2. The molecule has 1 amide bonds. The highest BCUT2D eigenvalue weighted by Crippen LogP contribution is 2.35. The molecule has 0 radical (unpaired) electrons. The van der Waals surface area contributed by atoms with Gasteiger partial charge < -0.3 is 15.7 Å². The van der Waals surface area contributed by atoms with Gasteiger partial charge in [0.1, 0.15) is 5.75 Å². The quantitative estimate of drug-likeness (QED) is 0.859. The monoisotopic (exact) mass is 274 g/mol. The van der Waals surface area contributed by atoms with Crippen molar-refractivity contribution in [3.8, 4) is 5.75 Å². The van der Waals surface area contributed by atoms with Crippen molar-refractivity contribution in [1.29, 1.82) is 0 Å². The molecule has 2 aliphatic rings. The minimum Gasteiger partial charge on any atom is -0.508 e. The van der Waals surface area contributed by atoms with E-state index < -0.39 is 0 Å². The average Bonchev–Trinajstić information content (AvgIpc) is 2.84. The standard InChI is InChI=1S/C16H22N2O2/c17-15-6-2-4-12-9-18(10-14(12)15)16(20)8-11-3-1-5-13(19)7-11/h1,3,5,7,12,14-15,19H,2,4,6,8-10,17H2. The summed E-state index contributed by atoms with van der Waals surface area (Å²) in [5, 5.41) is 9.45. The average molecular weight is 274 g/mol. The number of benzene rings is 1. The molecule has 4 nitrogen and oxygen atoms in total. The lowest BCUT2D eigenvalue weighted by atomic mass is 9.78. The lowest BCUT2D eigenvalue weighted by molar-refractivity contribution is -0.129. The SMILES string of the molecule is NC1CCCC2CN(C(=O)Cc3cccc(O)c3)CC12. The van der Waals surface area contributed by atoms with Gasteiger partial charge in [-0.2, -0.15) is 0 Å². The Morgan fingerprint density at radius 3 is 2.95 bits per heavy atom. The Bertz CT molecular complexity index is 503. The largest absolute Gasteiger partial charge is 0.508 e. The van der Waals surface area contributed by atoms with Gasteiger partial charge >= 0.3 is 0 Å². The maximum absolute atomic E-state index is 12.4. The molecule has 3 unspecified atom stereocenters. The molecule has 1 heterocycles. The molecule has 2 fully saturated rings. The van der Waals surface area contributed by atoms with Crippen molar-refractivity contribution in [3.63, 3.8) is 0 Å². The minimum absolute atomic E-state index is 0.150. The molecule has 20 heavy (non-hydrogen) atoms. The van der Waals surface area contributed by atoms with E-state index in [0.717, 1.165) is 25.1 Å². The highest BCUT2D eigenvalue weighted by Gasteiger charge is 2.40. The first kappa shape index (κ1) is 13.4. The number of amides is 1. The van der Waals surface area contributed by atoms with E-state index in [2.05, 4.69) is 0 Å². The molecule has 3 atom stereocenters. The number of likely N-dealkylation sites (tertiary alicyclic amines) is 1. The maximum atomic E-state index is 12.4. The zero-order valence-corrected chi connectivity index (χ0v) is 11.7. The van der Waals surface area contributed by atoms with Crippen LogP contribution < -0.4 is 5.73 Å². The van der Waals surface area contributed by atoms with Gasteiger partial charge in [-0.15, -0.1) is 0 Å². The third-order valence-corrected chi connectivity index (χ3v) is 4.77. The summed E-state index contributed by atoms with van der Waals surface area (Å²) in [5.41, 5.74) is 7.05. The van der Waals surface area contributed by atoms with Crippen LogP contribution in [0.25, 0.3) is 0 Å². The van der Waals surface area contributed by atoms with Gasteiger partial charge in [0.05, 0.1) is 6.42 Å². The summed E-state index contributed by atoms with van der Waals surface area (Å²) < 4.78 is 0. The van der Waals surface area contributed by atoms with Crippen LogP contribution in [0.2, 0.25) is 0 Å². The number of hydrogen-bond acceptors (Lipinski definition) is 3. The smallest absolute Gasteiger partial charge is 0.227 e. The third kappa shape index (κ3) is 2.66. The molecule has 3 N–H and O–H groups in total. The van der Waals surface area contributed by atoms with Crippen LogP contribution in [0.1, 0.15) is 24.8 Å². The second-order valence-electron chi connectivity index (χ2n) is 6.16. The highest BCUT2D eigenvalue weighted by molar-refractivity contribution is 5.79. The van der Waals surface area contributed by atoms with E-state index in [1.807, 2.05) is 11.0 Å². The van der Waals surface area contributed by atoms with Crippen LogP contribution in [0.4, 0.5) is 0 Å². The fraction of sp³-hybridized carbons (Fsp3) is 0.562. The van der Waals surface area contributed by atoms with E-state index >= 15 is 0 Å². The van der Waals surface area contributed by atoms with Crippen LogP contribution in [-0.4, -0.2) is 35.0 Å². The van der Waals surface area contributed by atoms with Gasteiger partial charge in [-0.25, -0.2) is 0 Å². The Balaban J connectivity index is 1.64. The van der Waals surface area contributed by atoms with E-state index in [-0.39, 0.29) is 17.7 Å². The number of rotatable bonds is 2. The number of phenolic OH excluding ortho intramolecular Hbond substituents is 1. The Morgan fingerprint density at radius 2 is 2.20 bits per heavy atom. The Kier molecular flexibility index (Phi) is 3.66. The topological polar surface area (TPSA) is 66.6 Å². The first-order valence-electron chi connectivity index (χ1n) is 7.45. The summed E-state index contributed by atoms with van der Waals surface area (Å²) in [6.45, 7) is 1.67. The molecule has 1 saturated heterocycles. The van der Waals surface area contributed by atoms with Gasteiger partial charge in [-0.05, 0) is 42.4 Å². The van der Waals surface area contributed by atoms with Crippen LogP contribution in [0.3, 0.4) is 0 Å². The summed E-state index contributed by atoms with van der Waals surface area (Å²) in [4.78, 5) is 14.3. The molecule has 1 aliphatic heterocycles. The Morgan fingerprint density at radius 1 is 1.35 bits per heavy atom. The molecule has 1 aromatic carbocycles. The third-order valence-electron chi connectivity index (χ3n) is 4.77. The predicted octanol–water partition coefficient (Wildman–Crippen LogP) is 1.52. The number of carbonyl (C=O) groups excluding carboxylic acids is 1. The zero-order chi connectivity index (χ0) is 14.1. The van der Waals surface area contributed by atoms with Crippen LogP contribution in [0.5, 0.6) is 5.75 Å². The molecule has 1 aliphatic carbocycles. The second-order valence-corrected chi connectivity index (χ2v) is 6.16. The summed E-state index contributed by atoms with van der Waals surface area (Å²) >= 11 is 0. The number of nitrogens with two attached hydrogens (primary N) is 1. The summed E-state index contributed by atoms with van der Waals surface area (Å²) in [6, 6.07) is 7.20. The van der Waals surface area contributed by atoms with Gasteiger partial charge in [-0.3, -0.25) is 4.79 Å². The number of carbonyl (C=O) groups is 1. The van der Waals surface area contributed by atoms with Crippen LogP contribution in [-0.2, 0) is 11.2 Å². The molecule has 1 aromatic rings. The van der Waals surface area contributed by atoms with Crippen molar-refractivity contribution in [1.82, 2.24) is 4.90 Å². The van der Waals surface area contributed by atoms with E-state index in [1.54, 1.807) is 18.2 Å². The lowest BCUT2D eigenvalue weighted by Crippen LogP contribution is -2.38. The number of phenols is 1.